The van der Waals surface area contributed by atoms with Crippen molar-refractivity contribution in [2.75, 3.05) is 57.9 Å². The zero-order chi connectivity index (χ0) is 28.8. The Morgan fingerprint density at radius 2 is 1.82 bits per heavy atom. The van der Waals surface area contributed by atoms with Crippen molar-refractivity contribution in [3.05, 3.63) is 56.8 Å². The molecule has 0 radical (unpaired) electrons. The highest BCUT2D eigenvalue weighted by atomic mass is 35.5. The van der Waals surface area contributed by atoms with Gasteiger partial charge in [0.2, 0.25) is 5.91 Å². The van der Waals surface area contributed by atoms with E-state index in [2.05, 4.69) is 20.5 Å². The highest BCUT2D eigenvalue weighted by Crippen LogP contribution is 2.19. The highest BCUT2D eigenvalue weighted by Gasteiger charge is 2.32. The fourth-order valence-corrected chi connectivity index (χ4v) is 5.03. The molecule has 1 aromatic heterocycles. The molecule has 4 rings (SSSR count). The second-order valence-electron chi connectivity index (χ2n) is 10.2. The summed E-state index contributed by atoms with van der Waals surface area (Å²) in [6.45, 7) is 2.85. The molecule has 0 aliphatic carbocycles. The SMILES string of the molecule is CO[C@@H]1CN(CC(=O)Nc2ccc(C(=O)OC3CCN(C)CC3)cc2)CC[C@@H]1NC(=O)c1cc(Cl)c(N)[nH]c1=O. The lowest BCUT2D eigenvalue weighted by molar-refractivity contribution is -0.118. The second-order valence-corrected chi connectivity index (χ2v) is 10.6. The van der Waals surface area contributed by atoms with Gasteiger partial charge in [-0.2, -0.15) is 0 Å². The van der Waals surface area contributed by atoms with E-state index in [1.807, 2.05) is 11.9 Å². The number of benzene rings is 1. The summed E-state index contributed by atoms with van der Waals surface area (Å²) in [4.78, 5) is 56.5. The third-order valence-electron chi connectivity index (χ3n) is 7.24. The predicted molar refractivity (Wildman–Crippen MR) is 151 cm³/mol. The van der Waals surface area contributed by atoms with E-state index < -0.39 is 17.6 Å². The van der Waals surface area contributed by atoms with Gasteiger partial charge >= 0.3 is 5.97 Å². The Balaban J connectivity index is 1.25. The van der Waals surface area contributed by atoms with Crippen LogP contribution in [0.2, 0.25) is 5.02 Å². The van der Waals surface area contributed by atoms with E-state index in [0.29, 0.717) is 30.8 Å². The van der Waals surface area contributed by atoms with Gasteiger partial charge in [-0.3, -0.25) is 19.3 Å². The third-order valence-corrected chi connectivity index (χ3v) is 7.55. The Morgan fingerprint density at radius 3 is 2.50 bits per heavy atom. The van der Waals surface area contributed by atoms with Crippen molar-refractivity contribution in [2.24, 2.45) is 0 Å². The molecule has 2 aliphatic rings. The fourth-order valence-electron chi connectivity index (χ4n) is 4.88. The van der Waals surface area contributed by atoms with Crippen molar-refractivity contribution < 1.29 is 23.9 Å². The van der Waals surface area contributed by atoms with Crippen LogP contribution in [0.25, 0.3) is 0 Å². The van der Waals surface area contributed by atoms with Crippen molar-refractivity contribution in [1.82, 2.24) is 20.1 Å². The van der Waals surface area contributed by atoms with Gasteiger partial charge in [0.25, 0.3) is 11.5 Å². The number of nitrogens with zero attached hydrogens (tertiary/aromatic N) is 2. The minimum atomic E-state index is -0.635. The van der Waals surface area contributed by atoms with Gasteiger partial charge in [-0.15, -0.1) is 0 Å². The third kappa shape index (κ3) is 7.60. The van der Waals surface area contributed by atoms with E-state index in [1.165, 1.54) is 13.2 Å². The first-order valence-corrected chi connectivity index (χ1v) is 13.5. The number of nitrogens with two attached hydrogens (primary N) is 1. The number of nitrogens with one attached hydrogen (secondary N) is 3. The quantitative estimate of drug-likeness (QED) is 0.341. The Hall–Kier alpha value is -3.45. The molecule has 0 saturated carbocycles. The second kappa shape index (κ2) is 13.3. The van der Waals surface area contributed by atoms with Crippen LogP contribution < -0.4 is 21.9 Å². The molecule has 3 heterocycles. The van der Waals surface area contributed by atoms with Crippen molar-refractivity contribution >= 4 is 40.9 Å². The first kappa shape index (κ1) is 29.5. The average molecular weight is 575 g/mol. The lowest BCUT2D eigenvalue weighted by atomic mass is 10.0. The number of hydrogen-bond donors (Lipinski definition) is 4. The number of halogens is 1. The number of piperidine rings is 2. The maximum atomic E-state index is 12.7. The van der Waals surface area contributed by atoms with Crippen molar-refractivity contribution in [3.8, 4) is 0 Å². The van der Waals surface area contributed by atoms with Gasteiger partial charge in [-0.05, 0) is 56.6 Å². The van der Waals surface area contributed by atoms with E-state index in [-0.39, 0.29) is 47.0 Å². The molecule has 2 fully saturated rings. The van der Waals surface area contributed by atoms with Crippen molar-refractivity contribution in [3.63, 3.8) is 0 Å². The summed E-state index contributed by atoms with van der Waals surface area (Å²) >= 11 is 5.95. The highest BCUT2D eigenvalue weighted by molar-refractivity contribution is 6.33. The van der Waals surface area contributed by atoms with E-state index in [9.17, 15) is 19.2 Å². The zero-order valence-electron chi connectivity index (χ0n) is 22.6. The molecule has 2 amide bonds. The van der Waals surface area contributed by atoms with Gasteiger partial charge in [-0.25, -0.2) is 4.79 Å². The number of aromatic amines is 1. The van der Waals surface area contributed by atoms with Gasteiger partial charge in [0.1, 0.15) is 17.5 Å². The van der Waals surface area contributed by atoms with E-state index in [1.54, 1.807) is 24.3 Å². The number of nitrogen functional groups attached to an aromatic ring is 1. The van der Waals surface area contributed by atoms with Crippen molar-refractivity contribution in [2.45, 2.75) is 37.5 Å². The van der Waals surface area contributed by atoms with E-state index in [4.69, 9.17) is 26.8 Å². The zero-order valence-corrected chi connectivity index (χ0v) is 23.3. The number of methoxy groups -OCH3 is 1. The van der Waals surface area contributed by atoms with Crippen LogP contribution in [0.1, 0.15) is 40.0 Å². The normalized spacial score (nSPS) is 20.6. The monoisotopic (exact) mass is 574 g/mol. The molecule has 2 aliphatic heterocycles. The number of rotatable bonds is 8. The number of carbonyl (C=O) groups is 3. The Labute approximate surface area is 237 Å². The van der Waals surface area contributed by atoms with Crippen LogP contribution >= 0.6 is 11.6 Å². The Bertz CT molecular complexity index is 1280. The molecule has 0 unspecified atom stereocenters. The van der Waals surface area contributed by atoms with Crippen molar-refractivity contribution in [1.29, 1.82) is 0 Å². The summed E-state index contributed by atoms with van der Waals surface area (Å²) in [5, 5.41) is 5.75. The summed E-state index contributed by atoms with van der Waals surface area (Å²) in [5.41, 5.74) is 5.81. The number of H-pyrrole nitrogens is 1. The van der Waals surface area contributed by atoms with Crippen LogP contribution in [0, 0.1) is 0 Å². The van der Waals surface area contributed by atoms with Gasteiger partial charge in [0.15, 0.2) is 0 Å². The lowest BCUT2D eigenvalue weighted by Gasteiger charge is -2.37. The molecular formula is C27H35ClN6O6. The van der Waals surface area contributed by atoms with Crippen LogP contribution in [0.3, 0.4) is 0 Å². The first-order valence-electron chi connectivity index (χ1n) is 13.2. The molecule has 0 bridgehead atoms. The molecule has 2 atom stereocenters. The standard InChI is InChI=1S/C27H35ClN6O6/c1-33-10-7-18(8-11-33)40-27(38)16-3-5-17(6-4-16)30-23(35)15-34-12-9-21(22(14-34)39-2)31-25(36)19-13-20(28)24(29)32-26(19)37/h3-6,13,18,21-22H,7-12,14-15H2,1-2H3,(H,30,35)(H,31,36)(H3,29,32,37)/t21-,22+/m0/s1. The van der Waals surface area contributed by atoms with E-state index >= 15 is 0 Å². The average Bonchev–Trinajstić information content (AvgIpc) is 2.93. The topological polar surface area (TPSA) is 159 Å². The number of esters is 1. The number of pyridine rings is 1. The van der Waals surface area contributed by atoms with Crippen LogP contribution in [-0.2, 0) is 14.3 Å². The molecule has 12 nitrogen and oxygen atoms in total. The maximum Gasteiger partial charge on any atom is 0.338 e. The molecule has 0 spiro atoms. The predicted octanol–water partition coefficient (Wildman–Crippen LogP) is 1.32. The van der Waals surface area contributed by atoms with E-state index in [0.717, 1.165) is 25.9 Å². The maximum absolute atomic E-state index is 12.7. The van der Waals surface area contributed by atoms with Gasteiger partial charge in [0.05, 0.1) is 29.3 Å². The van der Waals surface area contributed by atoms with Gasteiger partial charge in [0, 0.05) is 39.0 Å². The smallest absolute Gasteiger partial charge is 0.338 e. The summed E-state index contributed by atoms with van der Waals surface area (Å²) in [6, 6.07) is 7.50. The minimum Gasteiger partial charge on any atom is -0.459 e. The lowest BCUT2D eigenvalue weighted by Crippen LogP contribution is -2.56. The molecule has 13 heteroatoms. The molecule has 2 aromatic rings. The van der Waals surface area contributed by atoms with Gasteiger partial charge < -0.3 is 35.7 Å². The molecule has 216 valence electrons. The number of likely N-dealkylation sites (tertiary alicyclic amines) is 2. The number of hydrogen-bond acceptors (Lipinski definition) is 9. The number of amides is 2. The summed E-state index contributed by atoms with van der Waals surface area (Å²) in [5.74, 6) is -1.18. The Morgan fingerprint density at radius 1 is 1.12 bits per heavy atom. The molecule has 40 heavy (non-hydrogen) atoms. The van der Waals surface area contributed by atoms with Gasteiger partial charge in [-0.1, -0.05) is 11.6 Å². The number of aromatic nitrogens is 1. The van der Waals surface area contributed by atoms with Crippen LogP contribution in [0.15, 0.2) is 35.1 Å². The number of carbonyl (C=O) groups excluding carboxylic acids is 3. The summed E-state index contributed by atoms with van der Waals surface area (Å²) < 4.78 is 11.2. The van der Waals surface area contributed by atoms with Crippen LogP contribution in [-0.4, -0.2) is 97.7 Å². The first-order chi connectivity index (χ1) is 19.1. The molecule has 2 saturated heterocycles. The largest absolute Gasteiger partial charge is 0.459 e. The summed E-state index contributed by atoms with van der Waals surface area (Å²) in [6.07, 6.45) is 1.67. The van der Waals surface area contributed by atoms with Crippen LogP contribution in [0.5, 0.6) is 0 Å². The summed E-state index contributed by atoms with van der Waals surface area (Å²) in [7, 11) is 3.58. The molecular weight excluding hydrogens is 540 g/mol. The number of ether oxygens (including phenoxy) is 2. The minimum absolute atomic E-state index is 0.00830. The van der Waals surface area contributed by atoms with Crippen LogP contribution in [0.4, 0.5) is 11.5 Å². The molecule has 1 aromatic carbocycles. The number of anilines is 2. The fraction of sp³-hybridized carbons (Fsp3) is 0.481. The molecule has 5 N–H and O–H groups in total. The Kier molecular flexibility index (Phi) is 9.80.